The van der Waals surface area contributed by atoms with Crippen molar-refractivity contribution in [1.82, 2.24) is 15.1 Å². The zero-order chi connectivity index (χ0) is 22.9. The molecular weight excluding hydrogens is 415 g/mol. The summed E-state index contributed by atoms with van der Waals surface area (Å²) in [6.45, 7) is 1.66. The number of nitrogens with one attached hydrogen (secondary N) is 1. The van der Waals surface area contributed by atoms with Crippen molar-refractivity contribution in [1.29, 1.82) is 0 Å². The number of esters is 1. The summed E-state index contributed by atoms with van der Waals surface area (Å²) in [5, 5.41) is 7.31. The Bertz CT molecular complexity index is 1040. The first-order chi connectivity index (χ1) is 15.3. The number of rotatable bonds is 4. The van der Waals surface area contributed by atoms with Crippen LogP contribution < -0.4 is 10.2 Å². The number of hydrogen-bond acceptors (Lipinski definition) is 5. The number of carbonyl (C=O) groups excluding carboxylic acids is 3. The quantitative estimate of drug-likeness (QED) is 0.580. The van der Waals surface area contributed by atoms with E-state index in [0.717, 1.165) is 38.5 Å². The minimum atomic E-state index is -1.37. The van der Waals surface area contributed by atoms with Crippen LogP contribution in [0.3, 0.4) is 0 Å². The van der Waals surface area contributed by atoms with Crippen molar-refractivity contribution in [2.75, 3.05) is 12.0 Å². The molecule has 170 valence electrons. The Kier molecular flexibility index (Phi) is 5.99. The average molecular weight is 442 g/mol. The second kappa shape index (κ2) is 8.72. The molecule has 4 rings (SSSR count). The zero-order valence-electron chi connectivity index (χ0n) is 18.3. The summed E-state index contributed by atoms with van der Waals surface area (Å²) in [7, 11) is 1.23. The predicted octanol–water partition coefficient (Wildman–Crippen LogP) is 3.07. The highest BCUT2D eigenvalue weighted by Gasteiger charge is 2.49. The average Bonchev–Trinajstić information content (AvgIpc) is 3.02. The van der Waals surface area contributed by atoms with E-state index in [1.165, 1.54) is 41.0 Å². The van der Waals surface area contributed by atoms with Crippen LogP contribution in [0.5, 0.6) is 0 Å². The highest BCUT2D eigenvalue weighted by Crippen LogP contribution is 2.33. The van der Waals surface area contributed by atoms with Crippen LogP contribution in [-0.4, -0.2) is 46.3 Å². The Hall–Kier alpha value is -3.23. The van der Waals surface area contributed by atoms with Gasteiger partial charge in [0.25, 0.3) is 5.91 Å². The molecule has 1 aliphatic heterocycles. The molecule has 8 nitrogen and oxygen atoms in total. The fourth-order valence-electron chi connectivity index (χ4n) is 4.57. The molecule has 2 heterocycles. The molecule has 2 amide bonds. The third-order valence-electron chi connectivity index (χ3n) is 6.29. The lowest BCUT2D eigenvalue weighted by Gasteiger charge is -2.43. The number of halogens is 1. The summed E-state index contributed by atoms with van der Waals surface area (Å²) in [5.41, 5.74) is -0.998. The molecule has 1 aliphatic carbocycles. The fourth-order valence-corrected chi connectivity index (χ4v) is 4.57. The first-order valence-corrected chi connectivity index (χ1v) is 10.9. The van der Waals surface area contributed by atoms with Gasteiger partial charge in [-0.15, -0.1) is 0 Å². The molecule has 2 aliphatic rings. The van der Waals surface area contributed by atoms with E-state index in [2.05, 4.69) is 10.4 Å². The van der Waals surface area contributed by atoms with Gasteiger partial charge >= 0.3 is 5.97 Å². The summed E-state index contributed by atoms with van der Waals surface area (Å²) >= 11 is 0. The number of aromatic nitrogens is 2. The summed E-state index contributed by atoms with van der Waals surface area (Å²) in [6, 6.07) is 6.95. The van der Waals surface area contributed by atoms with E-state index in [4.69, 9.17) is 4.74 Å². The van der Waals surface area contributed by atoms with Gasteiger partial charge in [-0.2, -0.15) is 5.10 Å². The van der Waals surface area contributed by atoms with Crippen molar-refractivity contribution in [3.63, 3.8) is 0 Å². The smallest absolute Gasteiger partial charge is 0.358 e. The number of ether oxygens (including phenoxy) is 1. The van der Waals surface area contributed by atoms with Crippen LogP contribution in [-0.2, 0) is 16.1 Å². The van der Waals surface area contributed by atoms with E-state index in [-0.39, 0.29) is 35.6 Å². The number of anilines is 1. The maximum Gasteiger partial charge on any atom is 0.358 e. The number of carbonyl (C=O) groups is 3. The fraction of sp³-hybridized carbons (Fsp3) is 0.478. The minimum absolute atomic E-state index is 0.0140. The third kappa shape index (κ3) is 3.99. The van der Waals surface area contributed by atoms with Gasteiger partial charge < -0.3 is 10.1 Å². The Balaban J connectivity index is 1.74. The summed E-state index contributed by atoms with van der Waals surface area (Å²) in [4.78, 5) is 40.4. The van der Waals surface area contributed by atoms with Crippen LogP contribution in [0.15, 0.2) is 30.3 Å². The number of fused-ring (bicyclic) bond motifs is 1. The molecule has 1 fully saturated rings. The largest absolute Gasteiger partial charge is 0.464 e. The van der Waals surface area contributed by atoms with Gasteiger partial charge in [0.05, 0.1) is 13.7 Å². The first kappa shape index (κ1) is 22.0. The van der Waals surface area contributed by atoms with Crippen LogP contribution in [0, 0.1) is 5.82 Å². The van der Waals surface area contributed by atoms with Gasteiger partial charge in [0.2, 0.25) is 5.91 Å². The maximum atomic E-state index is 14.1. The highest BCUT2D eigenvalue weighted by atomic mass is 19.1. The molecule has 32 heavy (non-hydrogen) atoms. The van der Waals surface area contributed by atoms with Crippen LogP contribution in [0.4, 0.5) is 10.1 Å². The van der Waals surface area contributed by atoms with E-state index in [1.807, 2.05) is 0 Å². The third-order valence-corrected chi connectivity index (χ3v) is 6.29. The minimum Gasteiger partial charge on any atom is -0.464 e. The van der Waals surface area contributed by atoms with Gasteiger partial charge in [0.1, 0.15) is 17.1 Å². The molecule has 1 aromatic carbocycles. The van der Waals surface area contributed by atoms with Crippen LogP contribution in [0.25, 0.3) is 0 Å². The molecule has 1 saturated carbocycles. The van der Waals surface area contributed by atoms with Gasteiger partial charge in [0.15, 0.2) is 5.69 Å². The van der Waals surface area contributed by atoms with E-state index < -0.39 is 23.2 Å². The molecule has 0 radical (unpaired) electrons. The molecule has 9 heteroatoms. The number of amides is 2. The lowest BCUT2D eigenvalue weighted by Crippen LogP contribution is -2.65. The van der Waals surface area contributed by atoms with Gasteiger partial charge in [-0.25, -0.2) is 9.18 Å². The van der Waals surface area contributed by atoms with Crippen molar-refractivity contribution < 1.29 is 23.5 Å². The van der Waals surface area contributed by atoms with E-state index in [0.29, 0.717) is 0 Å². The van der Waals surface area contributed by atoms with Crippen molar-refractivity contribution in [3.05, 3.63) is 47.5 Å². The molecule has 2 aromatic rings. The van der Waals surface area contributed by atoms with Crippen molar-refractivity contribution in [2.24, 2.45) is 0 Å². The molecule has 0 spiro atoms. The van der Waals surface area contributed by atoms with E-state index in [9.17, 15) is 18.8 Å². The first-order valence-electron chi connectivity index (χ1n) is 10.9. The van der Waals surface area contributed by atoms with E-state index >= 15 is 0 Å². The Morgan fingerprint density at radius 3 is 2.56 bits per heavy atom. The highest BCUT2D eigenvalue weighted by molar-refractivity contribution is 6.12. The van der Waals surface area contributed by atoms with Gasteiger partial charge in [0, 0.05) is 17.8 Å². The van der Waals surface area contributed by atoms with Gasteiger partial charge in [-0.05, 0) is 38.0 Å². The SMILES string of the molecule is COC(=O)c1cc2n(n1)CC(C)(C(=O)NC1CCCCCC1)N(c1cccc(F)c1)C2=O. The molecule has 0 saturated heterocycles. The van der Waals surface area contributed by atoms with Crippen molar-refractivity contribution in [2.45, 2.75) is 63.6 Å². The predicted molar refractivity (Wildman–Crippen MR) is 115 cm³/mol. The summed E-state index contributed by atoms with van der Waals surface area (Å²) in [6.07, 6.45) is 6.14. The maximum absolute atomic E-state index is 14.1. The molecule has 1 N–H and O–H groups in total. The van der Waals surface area contributed by atoms with Crippen LogP contribution in [0.2, 0.25) is 0 Å². The Morgan fingerprint density at radius 1 is 1.19 bits per heavy atom. The monoisotopic (exact) mass is 442 g/mol. The Labute approximate surface area is 185 Å². The van der Waals surface area contributed by atoms with E-state index in [1.54, 1.807) is 13.0 Å². The number of hydrogen-bond donors (Lipinski definition) is 1. The summed E-state index contributed by atoms with van der Waals surface area (Å²) < 4.78 is 20.1. The standard InChI is InChI=1S/C23H27FN4O4/c1-23(22(31)25-16-9-5-3-4-6-10-16)14-27-19(13-18(26-27)21(30)32-2)20(29)28(23)17-11-7-8-15(24)12-17/h7-8,11-13,16H,3-6,9-10,14H2,1-2H3,(H,25,31). The molecule has 0 bridgehead atoms. The molecule has 1 atom stereocenters. The number of nitrogens with zero attached hydrogens (tertiary/aromatic N) is 3. The summed E-state index contributed by atoms with van der Waals surface area (Å²) in [5.74, 6) is -2.07. The molecule has 1 aromatic heterocycles. The van der Waals surface area contributed by atoms with Gasteiger partial charge in [-0.1, -0.05) is 31.7 Å². The van der Waals surface area contributed by atoms with Crippen LogP contribution >= 0.6 is 0 Å². The lowest BCUT2D eigenvalue weighted by molar-refractivity contribution is -0.127. The van der Waals surface area contributed by atoms with Crippen molar-refractivity contribution in [3.8, 4) is 0 Å². The Morgan fingerprint density at radius 2 is 1.91 bits per heavy atom. The molecule has 1 unspecified atom stereocenters. The topological polar surface area (TPSA) is 93.5 Å². The molecular formula is C23H27FN4O4. The normalized spacial score (nSPS) is 21.6. The second-order valence-electron chi connectivity index (χ2n) is 8.62. The van der Waals surface area contributed by atoms with Gasteiger partial charge in [-0.3, -0.25) is 19.2 Å². The second-order valence-corrected chi connectivity index (χ2v) is 8.62. The number of methoxy groups -OCH3 is 1. The van der Waals surface area contributed by atoms with Crippen molar-refractivity contribution >= 4 is 23.5 Å². The van der Waals surface area contributed by atoms with Crippen LogP contribution in [0.1, 0.15) is 66.4 Å². The number of benzene rings is 1. The lowest BCUT2D eigenvalue weighted by atomic mass is 9.93. The zero-order valence-corrected chi connectivity index (χ0v) is 18.3.